The van der Waals surface area contributed by atoms with Crippen molar-refractivity contribution in [2.75, 3.05) is 23.3 Å². The molecule has 0 radical (unpaired) electrons. The molecule has 0 atom stereocenters. The average molecular weight is 367 g/mol. The van der Waals surface area contributed by atoms with Gasteiger partial charge in [0.25, 0.3) is 5.69 Å². The lowest BCUT2D eigenvalue weighted by Gasteiger charge is -2.30. The molecule has 0 spiro atoms. The van der Waals surface area contributed by atoms with E-state index in [1.165, 1.54) is 0 Å². The molecule has 0 aliphatic rings. The first kappa shape index (κ1) is 20.5. The molecule has 1 N–H and O–H groups in total. The van der Waals surface area contributed by atoms with Crippen LogP contribution in [0.3, 0.4) is 0 Å². The lowest BCUT2D eigenvalue weighted by atomic mass is 10.1. The van der Waals surface area contributed by atoms with Crippen molar-refractivity contribution in [3.05, 3.63) is 70.4 Å². The number of anilines is 2. The lowest BCUT2D eigenvalue weighted by molar-refractivity contribution is -0.384. The molecule has 2 aromatic rings. The Morgan fingerprint density at radius 3 is 2.22 bits per heavy atom. The van der Waals surface area contributed by atoms with Crippen molar-refractivity contribution >= 4 is 23.1 Å². The van der Waals surface area contributed by atoms with E-state index in [1.807, 2.05) is 48.7 Å². The topological polar surface area (TPSA) is 58.4 Å². The first-order valence-corrected chi connectivity index (χ1v) is 9.38. The van der Waals surface area contributed by atoms with Crippen LogP contribution in [0.5, 0.6) is 0 Å². The molecule has 0 bridgehead atoms. The van der Waals surface area contributed by atoms with E-state index in [2.05, 4.69) is 37.9 Å². The average Bonchev–Trinajstić information content (AvgIpc) is 2.61. The zero-order valence-electron chi connectivity index (χ0n) is 16.6. The first-order valence-electron chi connectivity index (χ1n) is 9.38. The number of rotatable bonds is 9. The molecule has 0 heterocycles. The number of non-ortho nitro benzene ring substituents is 1. The zero-order chi connectivity index (χ0) is 19.8. The minimum absolute atomic E-state index is 0.104. The number of nitrogens with zero attached hydrogens (tertiary/aromatic N) is 2. The number of hydrogen-bond acceptors (Lipinski definition) is 4. The van der Waals surface area contributed by atoms with E-state index < -0.39 is 0 Å². The van der Waals surface area contributed by atoms with Gasteiger partial charge < -0.3 is 10.2 Å². The van der Waals surface area contributed by atoms with Gasteiger partial charge in [-0.3, -0.25) is 10.1 Å². The summed E-state index contributed by atoms with van der Waals surface area (Å²) in [7, 11) is 0. The second-order valence-electron chi connectivity index (χ2n) is 7.54. The normalized spacial score (nSPS) is 11.3. The highest BCUT2D eigenvalue weighted by atomic mass is 16.6. The van der Waals surface area contributed by atoms with Crippen LogP contribution in [0.15, 0.2) is 54.7 Å². The maximum absolute atomic E-state index is 11.2. The number of nitro benzene ring substituents is 1. The van der Waals surface area contributed by atoms with Crippen LogP contribution in [-0.2, 0) is 0 Å². The van der Waals surface area contributed by atoms with Crippen molar-refractivity contribution in [2.45, 2.75) is 27.7 Å². The van der Waals surface area contributed by atoms with Gasteiger partial charge in [-0.15, -0.1) is 0 Å². The summed E-state index contributed by atoms with van der Waals surface area (Å²) < 4.78 is 0. The molecule has 2 aromatic carbocycles. The predicted molar refractivity (Wildman–Crippen MR) is 114 cm³/mol. The molecule has 144 valence electrons. The van der Waals surface area contributed by atoms with E-state index in [4.69, 9.17) is 0 Å². The predicted octanol–water partition coefficient (Wildman–Crippen LogP) is 5.80. The summed E-state index contributed by atoms with van der Waals surface area (Å²) >= 11 is 0. The van der Waals surface area contributed by atoms with E-state index >= 15 is 0 Å². The quantitative estimate of drug-likeness (QED) is 0.450. The molecule has 27 heavy (non-hydrogen) atoms. The summed E-state index contributed by atoms with van der Waals surface area (Å²) in [5.74, 6) is 0.997. The van der Waals surface area contributed by atoms with Gasteiger partial charge in [0.15, 0.2) is 0 Å². The third kappa shape index (κ3) is 6.44. The Labute approximate surface area is 161 Å². The highest BCUT2D eigenvalue weighted by Gasteiger charge is 2.16. The van der Waals surface area contributed by atoms with E-state index in [1.54, 1.807) is 12.1 Å². The number of benzene rings is 2. The molecule has 0 amide bonds. The fourth-order valence-electron chi connectivity index (χ4n) is 2.99. The molecule has 5 heteroatoms. The van der Waals surface area contributed by atoms with Crippen LogP contribution in [0.4, 0.5) is 17.1 Å². The Morgan fingerprint density at radius 1 is 1.04 bits per heavy atom. The zero-order valence-corrected chi connectivity index (χ0v) is 16.6. The molecule has 0 aliphatic heterocycles. The Balaban J connectivity index is 2.35. The minimum Gasteiger partial charge on any atom is -0.371 e. The third-order valence-electron chi connectivity index (χ3n) is 4.02. The largest absolute Gasteiger partial charge is 0.371 e. The lowest BCUT2D eigenvalue weighted by Crippen LogP contribution is -2.31. The molecule has 0 saturated heterocycles. The number of hydrogen-bond donors (Lipinski definition) is 1. The number of nitrogens with one attached hydrogen (secondary N) is 1. The fourth-order valence-corrected chi connectivity index (χ4v) is 2.99. The van der Waals surface area contributed by atoms with Crippen LogP contribution in [0, 0.1) is 22.0 Å². The fraction of sp³-hybridized carbons (Fsp3) is 0.364. The van der Waals surface area contributed by atoms with Crippen LogP contribution >= 0.6 is 0 Å². The highest BCUT2D eigenvalue weighted by molar-refractivity contribution is 5.71. The Bertz CT molecular complexity index is 760. The van der Waals surface area contributed by atoms with Crippen LogP contribution < -0.4 is 10.2 Å². The molecular weight excluding hydrogens is 338 g/mol. The molecule has 0 aromatic heterocycles. The first-order chi connectivity index (χ1) is 12.9. The van der Waals surface area contributed by atoms with Crippen molar-refractivity contribution in [3.8, 4) is 0 Å². The molecule has 0 aliphatic carbocycles. The maximum Gasteiger partial charge on any atom is 0.270 e. The van der Waals surface area contributed by atoms with Crippen molar-refractivity contribution in [1.29, 1.82) is 0 Å². The second-order valence-corrected chi connectivity index (χ2v) is 7.54. The summed E-state index contributed by atoms with van der Waals surface area (Å²) in [5.41, 5.74) is 2.94. The van der Waals surface area contributed by atoms with Gasteiger partial charge in [-0.1, -0.05) is 45.9 Å². The van der Waals surface area contributed by atoms with Gasteiger partial charge in [-0.25, -0.2) is 0 Å². The van der Waals surface area contributed by atoms with Gasteiger partial charge in [0.2, 0.25) is 0 Å². The van der Waals surface area contributed by atoms with E-state index in [-0.39, 0.29) is 10.6 Å². The molecule has 5 nitrogen and oxygen atoms in total. The van der Waals surface area contributed by atoms with Crippen LogP contribution in [-0.4, -0.2) is 18.0 Å². The Hall–Kier alpha value is -2.82. The summed E-state index contributed by atoms with van der Waals surface area (Å²) in [6, 6.07) is 14.9. The maximum atomic E-state index is 11.2. The molecule has 0 saturated carbocycles. The Morgan fingerprint density at radius 2 is 1.67 bits per heavy atom. The smallest absolute Gasteiger partial charge is 0.270 e. The standard InChI is InChI=1S/C22H29N3O2/c1-17(2)15-24(16-18(3)4)22-11-10-21(25(26)27)14-19(22)12-13-23-20-8-6-5-7-9-20/h5-14,17-18,23H,15-16H2,1-4H3/b13-12+. The van der Waals surface area contributed by atoms with Gasteiger partial charge >= 0.3 is 0 Å². The van der Waals surface area contributed by atoms with Gasteiger partial charge in [-0.2, -0.15) is 0 Å². The van der Waals surface area contributed by atoms with Crippen LogP contribution in [0.1, 0.15) is 33.3 Å². The van der Waals surface area contributed by atoms with Crippen molar-refractivity contribution < 1.29 is 4.92 Å². The monoisotopic (exact) mass is 367 g/mol. The van der Waals surface area contributed by atoms with Gasteiger partial charge in [0.05, 0.1) is 4.92 Å². The van der Waals surface area contributed by atoms with E-state index in [0.29, 0.717) is 11.8 Å². The summed E-state index contributed by atoms with van der Waals surface area (Å²) in [4.78, 5) is 13.2. The Kier molecular flexibility index (Phi) is 7.41. The minimum atomic E-state index is -0.346. The van der Waals surface area contributed by atoms with Gasteiger partial charge in [0.1, 0.15) is 0 Å². The molecule has 2 rings (SSSR count). The van der Waals surface area contributed by atoms with Gasteiger partial charge in [-0.05, 0) is 36.1 Å². The van der Waals surface area contributed by atoms with Crippen molar-refractivity contribution in [3.63, 3.8) is 0 Å². The second kappa shape index (κ2) is 9.76. The van der Waals surface area contributed by atoms with Crippen molar-refractivity contribution in [2.24, 2.45) is 11.8 Å². The van der Waals surface area contributed by atoms with Crippen LogP contribution in [0.2, 0.25) is 0 Å². The third-order valence-corrected chi connectivity index (χ3v) is 4.02. The molecular formula is C22H29N3O2. The van der Waals surface area contributed by atoms with Crippen molar-refractivity contribution in [1.82, 2.24) is 0 Å². The number of para-hydroxylation sites is 1. The molecule has 0 unspecified atom stereocenters. The summed E-state index contributed by atoms with van der Waals surface area (Å²) in [6.07, 6.45) is 3.74. The van der Waals surface area contributed by atoms with Gasteiger partial charge in [0, 0.05) is 48.4 Å². The van der Waals surface area contributed by atoms with E-state index in [0.717, 1.165) is 30.0 Å². The number of nitro groups is 1. The SMILES string of the molecule is CC(C)CN(CC(C)C)c1ccc([N+](=O)[O-])cc1/C=C/Nc1ccccc1. The van der Waals surface area contributed by atoms with Crippen LogP contribution in [0.25, 0.3) is 6.08 Å². The summed E-state index contributed by atoms with van der Waals surface area (Å²) in [6.45, 7) is 10.6. The molecule has 0 fully saturated rings. The summed E-state index contributed by atoms with van der Waals surface area (Å²) in [5, 5.41) is 14.5. The highest BCUT2D eigenvalue weighted by Crippen LogP contribution is 2.28. The van der Waals surface area contributed by atoms with E-state index in [9.17, 15) is 10.1 Å².